The largest absolute Gasteiger partial charge is 0.486 e. The molecule has 0 unspecified atom stereocenters. The Morgan fingerprint density at radius 3 is 2.53 bits per heavy atom. The minimum Gasteiger partial charge on any atom is -0.486 e. The summed E-state index contributed by atoms with van der Waals surface area (Å²) in [5, 5.41) is 0. The number of fused-ring (bicyclic) bond motifs is 1. The molecule has 4 N–H and O–H groups in total. The van der Waals surface area contributed by atoms with Crippen molar-refractivity contribution in [2.75, 3.05) is 37.4 Å². The second-order valence-corrected chi connectivity index (χ2v) is 3.88. The molecule has 0 spiro atoms. The van der Waals surface area contributed by atoms with E-state index in [1.165, 1.54) is 0 Å². The molecule has 92 valence electrons. The number of nitrogen functional groups attached to an aromatic ring is 1. The van der Waals surface area contributed by atoms with E-state index < -0.39 is 5.91 Å². The Labute approximate surface area is 99.1 Å². The Kier molecular flexibility index (Phi) is 2.95. The summed E-state index contributed by atoms with van der Waals surface area (Å²) in [7, 11) is 1.74. The molecule has 1 aliphatic rings. The Morgan fingerprint density at radius 1 is 1.35 bits per heavy atom. The van der Waals surface area contributed by atoms with Crippen LogP contribution < -0.4 is 25.8 Å². The number of carbonyl (C=O) groups excluding carboxylic acids is 1. The van der Waals surface area contributed by atoms with Gasteiger partial charge < -0.3 is 25.8 Å². The number of rotatable bonds is 3. The lowest BCUT2D eigenvalue weighted by atomic mass is 10.2. The van der Waals surface area contributed by atoms with Gasteiger partial charge in [-0.25, -0.2) is 0 Å². The Morgan fingerprint density at radius 2 is 1.94 bits per heavy atom. The van der Waals surface area contributed by atoms with E-state index in [1.807, 2.05) is 0 Å². The SMILES string of the molecule is CN(CC(N)=O)c1cc2c(cc1N)OCCO2. The highest BCUT2D eigenvalue weighted by Gasteiger charge is 2.17. The molecular formula is C11H15N3O3. The number of likely N-dealkylation sites (N-methyl/N-ethyl adjacent to an activating group) is 1. The summed E-state index contributed by atoms with van der Waals surface area (Å²) in [4.78, 5) is 12.5. The van der Waals surface area contributed by atoms with Crippen molar-refractivity contribution < 1.29 is 14.3 Å². The number of hydrogen-bond donors (Lipinski definition) is 2. The molecular weight excluding hydrogens is 222 g/mol. The molecule has 1 heterocycles. The van der Waals surface area contributed by atoms with Crippen LogP contribution in [0, 0.1) is 0 Å². The summed E-state index contributed by atoms with van der Waals surface area (Å²) >= 11 is 0. The van der Waals surface area contributed by atoms with Gasteiger partial charge in [-0.1, -0.05) is 0 Å². The second-order valence-electron chi connectivity index (χ2n) is 3.88. The van der Waals surface area contributed by atoms with Crippen molar-refractivity contribution >= 4 is 17.3 Å². The Bertz CT molecular complexity index is 448. The number of benzene rings is 1. The van der Waals surface area contributed by atoms with Crippen LogP contribution in [0.5, 0.6) is 11.5 Å². The van der Waals surface area contributed by atoms with Crippen molar-refractivity contribution in [2.45, 2.75) is 0 Å². The number of ether oxygens (including phenoxy) is 2. The first-order valence-electron chi connectivity index (χ1n) is 5.26. The molecule has 1 aromatic rings. The summed E-state index contributed by atoms with van der Waals surface area (Å²) in [6.07, 6.45) is 0. The van der Waals surface area contributed by atoms with Crippen LogP contribution in [0.15, 0.2) is 12.1 Å². The van der Waals surface area contributed by atoms with Crippen LogP contribution in [0.25, 0.3) is 0 Å². The number of nitrogens with two attached hydrogens (primary N) is 2. The van der Waals surface area contributed by atoms with Crippen LogP contribution in [-0.2, 0) is 4.79 Å². The van der Waals surface area contributed by atoms with Crippen molar-refractivity contribution in [3.05, 3.63) is 12.1 Å². The van der Waals surface area contributed by atoms with E-state index in [0.29, 0.717) is 36.1 Å². The van der Waals surface area contributed by atoms with Crippen LogP contribution >= 0.6 is 0 Å². The average molecular weight is 237 g/mol. The molecule has 0 saturated carbocycles. The molecule has 0 aliphatic carbocycles. The number of hydrogen-bond acceptors (Lipinski definition) is 5. The first-order chi connectivity index (χ1) is 8.08. The van der Waals surface area contributed by atoms with Gasteiger partial charge in [0.25, 0.3) is 0 Å². The lowest BCUT2D eigenvalue weighted by Gasteiger charge is -2.24. The van der Waals surface area contributed by atoms with Gasteiger partial charge >= 0.3 is 0 Å². The van der Waals surface area contributed by atoms with Gasteiger partial charge in [0.05, 0.1) is 17.9 Å². The van der Waals surface area contributed by atoms with Gasteiger partial charge in [0.1, 0.15) is 13.2 Å². The zero-order chi connectivity index (χ0) is 12.4. The minimum absolute atomic E-state index is 0.101. The molecule has 6 heteroatoms. The Hall–Kier alpha value is -2.11. The maximum atomic E-state index is 10.9. The summed E-state index contributed by atoms with van der Waals surface area (Å²) in [6, 6.07) is 3.45. The highest BCUT2D eigenvalue weighted by atomic mass is 16.6. The minimum atomic E-state index is -0.415. The molecule has 6 nitrogen and oxygen atoms in total. The van der Waals surface area contributed by atoms with Crippen LogP contribution in [0.3, 0.4) is 0 Å². The van der Waals surface area contributed by atoms with E-state index in [9.17, 15) is 4.79 Å². The van der Waals surface area contributed by atoms with E-state index in [4.69, 9.17) is 20.9 Å². The lowest BCUT2D eigenvalue weighted by molar-refractivity contribution is -0.116. The van der Waals surface area contributed by atoms with Crippen molar-refractivity contribution in [1.29, 1.82) is 0 Å². The predicted molar refractivity (Wildman–Crippen MR) is 64.3 cm³/mol. The number of anilines is 2. The molecule has 1 amide bonds. The second kappa shape index (κ2) is 4.40. The topological polar surface area (TPSA) is 90.8 Å². The monoisotopic (exact) mass is 237 g/mol. The molecule has 0 fully saturated rings. The molecule has 0 atom stereocenters. The maximum absolute atomic E-state index is 10.9. The van der Waals surface area contributed by atoms with E-state index in [0.717, 1.165) is 0 Å². The first-order valence-corrected chi connectivity index (χ1v) is 5.26. The zero-order valence-corrected chi connectivity index (χ0v) is 9.60. The van der Waals surface area contributed by atoms with Crippen LogP contribution in [0.4, 0.5) is 11.4 Å². The molecule has 17 heavy (non-hydrogen) atoms. The molecule has 0 aromatic heterocycles. The smallest absolute Gasteiger partial charge is 0.236 e. The van der Waals surface area contributed by atoms with Crippen LogP contribution in [0.1, 0.15) is 0 Å². The van der Waals surface area contributed by atoms with E-state index in [1.54, 1.807) is 24.1 Å². The third kappa shape index (κ3) is 2.35. The highest BCUT2D eigenvalue weighted by Crippen LogP contribution is 2.38. The third-order valence-corrected chi connectivity index (χ3v) is 2.50. The molecule has 0 bridgehead atoms. The van der Waals surface area contributed by atoms with E-state index >= 15 is 0 Å². The zero-order valence-electron chi connectivity index (χ0n) is 9.60. The van der Waals surface area contributed by atoms with Crippen molar-refractivity contribution in [1.82, 2.24) is 0 Å². The molecule has 0 radical (unpaired) electrons. The average Bonchev–Trinajstić information content (AvgIpc) is 2.27. The fraction of sp³-hybridized carbons (Fsp3) is 0.364. The fourth-order valence-electron chi connectivity index (χ4n) is 1.74. The summed E-state index contributed by atoms with van der Waals surface area (Å²) < 4.78 is 10.9. The summed E-state index contributed by atoms with van der Waals surface area (Å²) in [5.41, 5.74) is 12.3. The number of amides is 1. The number of carbonyl (C=O) groups is 1. The quantitative estimate of drug-likeness (QED) is 0.720. The van der Waals surface area contributed by atoms with Gasteiger partial charge in [-0.2, -0.15) is 0 Å². The molecule has 1 aromatic carbocycles. The molecule has 2 rings (SSSR count). The van der Waals surface area contributed by atoms with Crippen LogP contribution in [-0.4, -0.2) is 32.7 Å². The van der Waals surface area contributed by atoms with Gasteiger partial charge in [-0.15, -0.1) is 0 Å². The van der Waals surface area contributed by atoms with Crippen molar-refractivity contribution in [3.8, 4) is 11.5 Å². The van der Waals surface area contributed by atoms with Crippen LogP contribution in [0.2, 0.25) is 0 Å². The molecule has 1 aliphatic heterocycles. The normalized spacial score (nSPS) is 13.2. The standard InChI is InChI=1S/C11H15N3O3/c1-14(6-11(13)15)8-5-10-9(4-7(8)12)16-2-3-17-10/h4-5H,2-3,6,12H2,1H3,(H2,13,15). The van der Waals surface area contributed by atoms with Gasteiger partial charge in [-0.05, 0) is 0 Å². The first kappa shape index (κ1) is 11.4. The Balaban J connectivity index is 2.31. The maximum Gasteiger partial charge on any atom is 0.236 e. The summed E-state index contributed by atoms with van der Waals surface area (Å²) in [6.45, 7) is 1.13. The van der Waals surface area contributed by atoms with E-state index in [-0.39, 0.29) is 6.54 Å². The van der Waals surface area contributed by atoms with Crippen molar-refractivity contribution in [2.24, 2.45) is 5.73 Å². The lowest BCUT2D eigenvalue weighted by Crippen LogP contribution is -2.31. The fourth-order valence-corrected chi connectivity index (χ4v) is 1.74. The van der Waals surface area contributed by atoms with Gasteiger partial charge in [0, 0.05) is 19.2 Å². The van der Waals surface area contributed by atoms with Gasteiger partial charge in [0.2, 0.25) is 5.91 Å². The van der Waals surface area contributed by atoms with Gasteiger partial charge in [0.15, 0.2) is 11.5 Å². The highest BCUT2D eigenvalue weighted by molar-refractivity contribution is 5.82. The predicted octanol–water partition coefficient (Wildman–Crippen LogP) is -0.0385. The summed E-state index contributed by atoms with van der Waals surface area (Å²) in [5.74, 6) is 0.850. The molecule has 0 saturated heterocycles. The number of primary amides is 1. The third-order valence-electron chi connectivity index (χ3n) is 2.50. The number of nitrogens with zero attached hydrogens (tertiary/aromatic N) is 1. The van der Waals surface area contributed by atoms with E-state index in [2.05, 4.69) is 0 Å². The van der Waals surface area contributed by atoms with Crippen molar-refractivity contribution in [3.63, 3.8) is 0 Å². The van der Waals surface area contributed by atoms with Gasteiger partial charge in [-0.3, -0.25) is 4.79 Å².